The zero-order valence-electron chi connectivity index (χ0n) is 24.5. The van der Waals surface area contributed by atoms with Crippen LogP contribution in [0.1, 0.15) is 38.8 Å². The van der Waals surface area contributed by atoms with Gasteiger partial charge in [0.1, 0.15) is 34.4 Å². The van der Waals surface area contributed by atoms with Crippen LogP contribution in [0.2, 0.25) is 0 Å². The summed E-state index contributed by atoms with van der Waals surface area (Å²) in [6, 6.07) is 16.3. The zero-order valence-corrected chi connectivity index (χ0v) is 24.5. The molecule has 0 bridgehead atoms. The minimum atomic E-state index is -0.0819. The van der Waals surface area contributed by atoms with Crippen LogP contribution >= 0.6 is 0 Å². The largest absolute Gasteiger partial charge is 0.508 e. The molecule has 0 fully saturated rings. The summed E-state index contributed by atoms with van der Waals surface area (Å²) in [6.07, 6.45) is 0. The first kappa shape index (κ1) is 30.4. The Labute approximate surface area is 245 Å². The lowest BCUT2D eigenvalue weighted by Crippen LogP contribution is -2.22. The minimum Gasteiger partial charge on any atom is -0.508 e. The number of rotatable bonds is 12. The van der Waals surface area contributed by atoms with Gasteiger partial charge in [-0.05, 0) is 86.8 Å². The highest BCUT2D eigenvalue weighted by molar-refractivity contribution is 6.03. The Bertz CT molecular complexity index is 1480. The first-order valence-corrected chi connectivity index (χ1v) is 14.2. The summed E-state index contributed by atoms with van der Waals surface area (Å²) in [7, 11) is 0. The predicted octanol–water partition coefficient (Wildman–Crippen LogP) is 8.18. The Morgan fingerprint density at radius 3 is 1.19 bits per heavy atom. The van der Waals surface area contributed by atoms with Crippen molar-refractivity contribution in [2.75, 3.05) is 26.2 Å². The molecule has 0 aromatic heterocycles. The highest BCUT2D eigenvalue weighted by Crippen LogP contribution is 2.44. The standard InChI is InChI=1S/C32H38N6O4/c1-5-37(6-2)19-21-17-23(9-13-27(21)39)33-35-31-25-11-16-30(42)32(26(25)12-15-29(31)41)36-34-24-10-14-28(40)22(18-24)20-38(7-3)8-4/h9-18,39-42H,5-8,19-20H2,1-4H3. The molecular formula is C32H38N6O4. The fourth-order valence-electron chi connectivity index (χ4n) is 4.67. The summed E-state index contributed by atoms with van der Waals surface area (Å²) >= 11 is 0. The summed E-state index contributed by atoms with van der Waals surface area (Å²) in [5, 5.41) is 60.4. The molecule has 10 nitrogen and oxygen atoms in total. The highest BCUT2D eigenvalue weighted by atomic mass is 16.3. The molecule has 0 spiro atoms. The molecule has 4 aromatic carbocycles. The Balaban J connectivity index is 1.68. The molecule has 10 heteroatoms. The number of aromatic hydroxyl groups is 4. The van der Waals surface area contributed by atoms with Gasteiger partial charge in [0.15, 0.2) is 0 Å². The van der Waals surface area contributed by atoms with Gasteiger partial charge in [0.2, 0.25) is 0 Å². The van der Waals surface area contributed by atoms with Crippen molar-refractivity contribution in [1.82, 2.24) is 9.80 Å². The van der Waals surface area contributed by atoms with E-state index in [0.29, 0.717) is 35.2 Å². The van der Waals surface area contributed by atoms with Crippen LogP contribution in [-0.2, 0) is 13.1 Å². The molecular weight excluding hydrogens is 532 g/mol. The number of benzene rings is 4. The Kier molecular flexibility index (Phi) is 10.1. The van der Waals surface area contributed by atoms with Crippen LogP contribution in [0.15, 0.2) is 81.1 Å². The second-order valence-electron chi connectivity index (χ2n) is 9.91. The fourth-order valence-corrected chi connectivity index (χ4v) is 4.67. The maximum Gasteiger partial charge on any atom is 0.143 e. The normalized spacial score (nSPS) is 12.0. The second-order valence-corrected chi connectivity index (χ2v) is 9.91. The quantitative estimate of drug-likeness (QED) is 0.127. The molecule has 0 heterocycles. The number of azo groups is 2. The molecule has 0 unspecified atom stereocenters. The van der Waals surface area contributed by atoms with E-state index in [1.54, 1.807) is 48.5 Å². The van der Waals surface area contributed by atoms with Crippen molar-refractivity contribution < 1.29 is 20.4 Å². The number of hydrogen-bond donors (Lipinski definition) is 4. The summed E-state index contributed by atoms with van der Waals surface area (Å²) < 4.78 is 0. The number of fused-ring (bicyclic) bond motifs is 1. The van der Waals surface area contributed by atoms with Crippen LogP contribution in [-0.4, -0.2) is 56.4 Å². The highest BCUT2D eigenvalue weighted by Gasteiger charge is 2.14. The van der Waals surface area contributed by atoms with Crippen LogP contribution in [0.25, 0.3) is 10.8 Å². The minimum absolute atomic E-state index is 0.0819. The van der Waals surface area contributed by atoms with Crippen molar-refractivity contribution in [3.63, 3.8) is 0 Å². The van der Waals surface area contributed by atoms with Crippen LogP contribution < -0.4 is 0 Å². The van der Waals surface area contributed by atoms with Gasteiger partial charge in [-0.1, -0.05) is 27.7 Å². The summed E-state index contributed by atoms with van der Waals surface area (Å²) in [5.41, 5.74) is 2.96. The van der Waals surface area contributed by atoms with Gasteiger partial charge in [-0.3, -0.25) is 9.80 Å². The van der Waals surface area contributed by atoms with Gasteiger partial charge in [0, 0.05) is 35.0 Å². The molecule has 0 saturated heterocycles. The van der Waals surface area contributed by atoms with E-state index in [2.05, 4.69) is 58.0 Å². The molecule has 0 radical (unpaired) electrons. The smallest absolute Gasteiger partial charge is 0.143 e. The monoisotopic (exact) mass is 570 g/mol. The van der Waals surface area contributed by atoms with E-state index in [4.69, 9.17) is 0 Å². The Hall–Kier alpha value is -4.54. The SMILES string of the molecule is CCN(CC)Cc1cc(N=Nc2c(O)ccc3c(N=Nc4ccc(O)c(CN(CC)CC)c4)c(O)ccc23)ccc1O. The van der Waals surface area contributed by atoms with Crippen molar-refractivity contribution in [2.24, 2.45) is 20.5 Å². The summed E-state index contributed by atoms with van der Waals surface area (Å²) in [5.74, 6) is 0.212. The lowest BCUT2D eigenvalue weighted by Gasteiger charge is -2.18. The van der Waals surface area contributed by atoms with E-state index in [1.165, 1.54) is 12.1 Å². The van der Waals surface area contributed by atoms with E-state index in [-0.39, 0.29) is 34.4 Å². The average Bonchev–Trinajstić information content (AvgIpc) is 3.00. The summed E-state index contributed by atoms with van der Waals surface area (Å²) in [4.78, 5) is 4.36. The topological polar surface area (TPSA) is 137 Å². The van der Waals surface area contributed by atoms with E-state index >= 15 is 0 Å². The van der Waals surface area contributed by atoms with Gasteiger partial charge in [0.05, 0.1) is 11.4 Å². The Morgan fingerprint density at radius 2 is 0.833 bits per heavy atom. The van der Waals surface area contributed by atoms with Gasteiger partial charge >= 0.3 is 0 Å². The van der Waals surface area contributed by atoms with Crippen LogP contribution in [0, 0.1) is 0 Å². The molecule has 0 amide bonds. The van der Waals surface area contributed by atoms with Crippen LogP contribution in [0.5, 0.6) is 23.0 Å². The molecule has 0 aliphatic carbocycles. The van der Waals surface area contributed by atoms with Crippen LogP contribution in [0.4, 0.5) is 22.7 Å². The van der Waals surface area contributed by atoms with E-state index in [0.717, 1.165) is 37.3 Å². The van der Waals surface area contributed by atoms with E-state index < -0.39 is 0 Å². The lowest BCUT2D eigenvalue weighted by molar-refractivity contribution is 0.291. The van der Waals surface area contributed by atoms with Crippen molar-refractivity contribution >= 4 is 33.5 Å². The molecule has 4 aromatic rings. The van der Waals surface area contributed by atoms with Crippen molar-refractivity contribution in [1.29, 1.82) is 0 Å². The zero-order chi connectivity index (χ0) is 30.2. The van der Waals surface area contributed by atoms with Gasteiger partial charge < -0.3 is 20.4 Å². The van der Waals surface area contributed by atoms with Gasteiger partial charge in [-0.15, -0.1) is 10.2 Å². The maximum atomic E-state index is 10.7. The van der Waals surface area contributed by atoms with Gasteiger partial charge in [-0.25, -0.2) is 0 Å². The molecule has 42 heavy (non-hydrogen) atoms. The third-order valence-electron chi connectivity index (χ3n) is 7.34. The maximum absolute atomic E-state index is 10.7. The summed E-state index contributed by atoms with van der Waals surface area (Å²) in [6.45, 7) is 12.8. The third-order valence-corrected chi connectivity index (χ3v) is 7.34. The van der Waals surface area contributed by atoms with Gasteiger partial charge in [-0.2, -0.15) is 10.2 Å². The Morgan fingerprint density at radius 1 is 0.476 bits per heavy atom. The first-order chi connectivity index (χ1) is 20.3. The fraction of sp³-hybridized carbons (Fsp3) is 0.312. The number of hydrogen-bond acceptors (Lipinski definition) is 10. The number of nitrogens with zero attached hydrogens (tertiary/aromatic N) is 6. The average molecular weight is 571 g/mol. The first-order valence-electron chi connectivity index (χ1n) is 14.2. The number of phenolic OH excluding ortho intramolecular Hbond substituents is 4. The molecule has 0 saturated carbocycles. The van der Waals surface area contributed by atoms with Crippen molar-refractivity contribution in [3.8, 4) is 23.0 Å². The molecule has 0 atom stereocenters. The molecule has 220 valence electrons. The third kappa shape index (κ3) is 7.02. The number of phenols is 4. The van der Waals surface area contributed by atoms with Crippen molar-refractivity contribution in [2.45, 2.75) is 40.8 Å². The van der Waals surface area contributed by atoms with Crippen LogP contribution in [0.3, 0.4) is 0 Å². The second kappa shape index (κ2) is 13.9. The molecule has 0 aliphatic heterocycles. The predicted molar refractivity (Wildman–Crippen MR) is 165 cm³/mol. The molecule has 4 N–H and O–H groups in total. The molecule has 4 rings (SSSR count). The van der Waals surface area contributed by atoms with E-state index in [1.807, 2.05) is 0 Å². The van der Waals surface area contributed by atoms with E-state index in [9.17, 15) is 20.4 Å². The molecule has 0 aliphatic rings. The van der Waals surface area contributed by atoms with Gasteiger partial charge in [0.25, 0.3) is 0 Å². The van der Waals surface area contributed by atoms with Crippen molar-refractivity contribution in [3.05, 3.63) is 71.8 Å². The lowest BCUT2D eigenvalue weighted by atomic mass is 10.1.